The smallest absolute Gasteiger partial charge is 0.347 e. The number of hydrogen-bond acceptors (Lipinski definition) is 6. The molecular formula is C23H21F3N6O2. The molecule has 0 saturated carbocycles. The molecule has 0 bridgehead atoms. The maximum Gasteiger partial charge on any atom is 0.416 e. The van der Waals surface area contributed by atoms with Crippen LogP contribution >= 0.6 is 0 Å². The molecule has 0 aliphatic rings. The van der Waals surface area contributed by atoms with Crippen LogP contribution in [0, 0.1) is 0 Å². The van der Waals surface area contributed by atoms with E-state index >= 15 is 0 Å². The summed E-state index contributed by atoms with van der Waals surface area (Å²) < 4.78 is 45.5. The van der Waals surface area contributed by atoms with Crippen molar-refractivity contribution in [2.45, 2.75) is 38.9 Å². The minimum atomic E-state index is -4.45. The number of rotatable bonds is 5. The molecule has 0 aliphatic heterocycles. The normalized spacial score (nSPS) is 12.1. The molecular weight excluding hydrogens is 449 g/mol. The number of benzene rings is 1. The summed E-state index contributed by atoms with van der Waals surface area (Å²) in [6.45, 7) is 5.86. The minimum absolute atomic E-state index is 0.0728. The number of aromatic nitrogens is 5. The van der Waals surface area contributed by atoms with Crippen LogP contribution in [0.2, 0.25) is 0 Å². The quantitative estimate of drug-likeness (QED) is 0.459. The molecule has 176 valence electrons. The minimum Gasteiger partial charge on any atom is -0.347 e. The molecule has 1 amide bonds. The maximum absolute atomic E-state index is 12.9. The van der Waals surface area contributed by atoms with Crippen molar-refractivity contribution in [3.05, 3.63) is 77.8 Å². The van der Waals surface area contributed by atoms with Gasteiger partial charge in [0.2, 0.25) is 0 Å². The van der Waals surface area contributed by atoms with Gasteiger partial charge in [-0.25, -0.2) is 9.97 Å². The first kappa shape index (κ1) is 23.1. The van der Waals surface area contributed by atoms with Gasteiger partial charge in [-0.15, -0.1) is 0 Å². The Morgan fingerprint density at radius 3 is 2.62 bits per heavy atom. The number of carbonyl (C=O) groups excluding carboxylic acids is 1. The van der Waals surface area contributed by atoms with Crippen LogP contribution in [-0.2, 0) is 18.1 Å². The van der Waals surface area contributed by atoms with E-state index in [2.05, 4.69) is 25.4 Å². The lowest BCUT2D eigenvalue weighted by molar-refractivity contribution is -0.137. The van der Waals surface area contributed by atoms with Gasteiger partial charge in [0, 0.05) is 29.9 Å². The van der Waals surface area contributed by atoms with Gasteiger partial charge in [0.15, 0.2) is 5.82 Å². The first-order valence-electron chi connectivity index (χ1n) is 10.3. The fraction of sp³-hybridized carbons (Fsp3) is 0.261. The lowest BCUT2D eigenvalue weighted by Crippen LogP contribution is -2.23. The molecule has 1 aromatic carbocycles. The fourth-order valence-electron chi connectivity index (χ4n) is 3.03. The van der Waals surface area contributed by atoms with E-state index in [4.69, 9.17) is 4.52 Å². The molecule has 0 spiro atoms. The van der Waals surface area contributed by atoms with Gasteiger partial charge < -0.3 is 9.84 Å². The molecule has 0 unspecified atom stereocenters. The molecule has 8 nitrogen and oxygen atoms in total. The van der Waals surface area contributed by atoms with Crippen molar-refractivity contribution in [3.8, 4) is 17.3 Å². The van der Waals surface area contributed by atoms with E-state index in [9.17, 15) is 18.0 Å². The monoisotopic (exact) mass is 470 g/mol. The maximum atomic E-state index is 12.9. The Balaban J connectivity index is 1.47. The van der Waals surface area contributed by atoms with Crippen molar-refractivity contribution in [1.29, 1.82) is 0 Å². The second-order valence-corrected chi connectivity index (χ2v) is 8.62. The number of nitrogens with zero attached hydrogens (tertiary/aromatic N) is 5. The van der Waals surface area contributed by atoms with Crippen LogP contribution in [0.1, 0.15) is 48.2 Å². The third-order valence-corrected chi connectivity index (χ3v) is 4.88. The van der Waals surface area contributed by atoms with Gasteiger partial charge in [0.05, 0.1) is 5.56 Å². The van der Waals surface area contributed by atoms with Gasteiger partial charge in [-0.05, 0) is 29.8 Å². The van der Waals surface area contributed by atoms with Gasteiger partial charge in [0.1, 0.15) is 17.8 Å². The number of carbonyl (C=O) groups is 1. The van der Waals surface area contributed by atoms with Crippen molar-refractivity contribution in [3.63, 3.8) is 0 Å². The number of halogens is 3. The van der Waals surface area contributed by atoms with Gasteiger partial charge in [-0.3, -0.25) is 9.36 Å². The van der Waals surface area contributed by atoms with Crippen LogP contribution in [0.15, 0.2) is 59.6 Å². The largest absolute Gasteiger partial charge is 0.416 e. The highest BCUT2D eigenvalue weighted by atomic mass is 19.4. The predicted octanol–water partition coefficient (Wildman–Crippen LogP) is 4.56. The second kappa shape index (κ2) is 8.73. The number of nitrogens with one attached hydrogen (secondary N) is 1. The predicted molar refractivity (Wildman–Crippen MR) is 116 cm³/mol. The lowest BCUT2D eigenvalue weighted by Gasteiger charge is -2.10. The van der Waals surface area contributed by atoms with E-state index in [1.807, 2.05) is 20.8 Å². The molecule has 11 heteroatoms. The van der Waals surface area contributed by atoms with Gasteiger partial charge in [-0.2, -0.15) is 18.2 Å². The zero-order valence-corrected chi connectivity index (χ0v) is 18.6. The van der Waals surface area contributed by atoms with Crippen LogP contribution < -0.4 is 5.32 Å². The zero-order chi connectivity index (χ0) is 24.5. The Morgan fingerprint density at radius 2 is 1.91 bits per heavy atom. The molecule has 0 fully saturated rings. The summed E-state index contributed by atoms with van der Waals surface area (Å²) in [6, 6.07) is 8.22. The molecule has 0 atom stereocenters. The van der Waals surface area contributed by atoms with Gasteiger partial charge in [-0.1, -0.05) is 38.1 Å². The fourth-order valence-corrected chi connectivity index (χ4v) is 3.03. The third kappa shape index (κ3) is 5.13. The van der Waals surface area contributed by atoms with Crippen LogP contribution in [-0.4, -0.2) is 30.6 Å². The molecule has 3 aromatic heterocycles. The summed E-state index contributed by atoms with van der Waals surface area (Å²) >= 11 is 0. The first-order valence-corrected chi connectivity index (χ1v) is 10.3. The summed E-state index contributed by atoms with van der Waals surface area (Å²) in [7, 11) is 0. The number of alkyl halides is 3. The summed E-state index contributed by atoms with van der Waals surface area (Å²) in [5.41, 5.74) is 0.0268. The molecule has 0 saturated heterocycles. The summed E-state index contributed by atoms with van der Waals surface area (Å²) in [6.07, 6.45) is 0.0105. The van der Waals surface area contributed by atoms with Gasteiger partial charge >= 0.3 is 6.18 Å². The van der Waals surface area contributed by atoms with Crippen molar-refractivity contribution >= 4 is 5.91 Å². The SMILES string of the molecule is CC(C)(C)c1noc(-c2ccnc(-n3cnc(C(=O)NCc4cccc(C(F)(F)F)c4)c3)c2)n1. The zero-order valence-electron chi connectivity index (χ0n) is 18.6. The van der Waals surface area contributed by atoms with Crippen molar-refractivity contribution in [2.75, 3.05) is 0 Å². The van der Waals surface area contributed by atoms with E-state index in [-0.39, 0.29) is 17.7 Å². The molecule has 4 rings (SSSR count). The van der Waals surface area contributed by atoms with Crippen molar-refractivity contribution in [1.82, 2.24) is 30.0 Å². The summed E-state index contributed by atoms with van der Waals surface area (Å²) in [5, 5.41) is 6.59. The van der Waals surface area contributed by atoms with E-state index in [0.29, 0.717) is 28.7 Å². The highest BCUT2D eigenvalue weighted by molar-refractivity contribution is 5.92. The standard InChI is InChI=1S/C23H21F3N6O2/c1-22(2,3)21-30-20(34-31-21)15-7-8-27-18(10-15)32-12-17(29-13-32)19(33)28-11-14-5-4-6-16(9-14)23(24,25)26/h4-10,12-13H,11H2,1-3H3,(H,28,33). The van der Waals surface area contributed by atoms with E-state index in [0.717, 1.165) is 12.1 Å². The second-order valence-electron chi connectivity index (χ2n) is 8.62. The van der Waals surface area contributed by atoms with Crippen LogP contribution in [0.25, 0.3) is 17.3 Å². The Hall–Kier alpha value is -4.02. The number of pyridine rings is 1. The number of amides is 1. The van der Waals surface area contributed by atoms with Crippen LogP contribution in [0.3, 0.4) is 0 Å². The lowest BCUT2D eigenvalue weighted by atomic mass is 9.96. The molecule has 3 heterocycles. The van der Waals surface area contributed by atoms with Crippen molar-refractivity contribution in [2.24, 2.45) is 0 Å². The summed E-state index contributed by atoms with van der Waals surface area (Å²) in [4.78, 5) is 25.3. The van der Waals surface area contributed by atoms with E-state index < -0.39 is 17.6 Å². The average Bonchev–Trinajstić information content (AvgIpc) is 3.47. The van der Waals surface area contributed by atoms with Crippen LogP contribution in [0.4, 0.5) is 13.2 Å². The van der Waals surface area contributed by atoms with E-state index in [1.165, 1.54) is 24.7 Å². The van der Waals surface area contributed by atoms with Crippen LogP contribution in [0.5, 0.6) is 0 Å². The Morgan fingerprint density at radius 1 is 1.12 bits per heavy atom. The molecule has 0 aliphatic carbocycles. The molecule has 1 N–H and O–H groups in total. The summed E-state index contributed by atoms with van der Waals surface area (Å²) in [5.74, 6) is 0.854. The Bertz CT molecular complexity index is 1320. The Labute approximate surface area is 192 Å². The molecule has 4 aromatic rings. The Kier molecular flexibility index (Phi) is 5.94. The highest BCUT2D eigenvalue weighted by Gasteiger charge is 2.30. The van der Waals surface area contributed by atoms with Gasteiger partial charge in [0.25, 0.3) is 11.8 Å². The van der Waals surface area contributed by atoms with Crippen molar-refractivity contribution < 1.29 is 22.5 Å². The van der Waals surface area contributed by atoms with E-state index in [1.54, 1.807) is 22.9 Å². The molecule has 0 radical (unpaired) electrons. The first-order chi connectivity index (χ1) is 16.0. The number of hydrogen-bond donors (Lipinski definition) is 1. The topological polar surface area (TPSA) is 98.7 Å². The average molecular weight is 470 g/mol. The third-order valence-electron chi connectivity index (χ3n) is 4.88. The highest BCUT2D eigenvalue weighted by Crippen LogP contribution is 2.29. The molecule has 34 heavy (non-hydrogen) atoms. The number of imidazole rings is 1.